The predicted octanol–water partition coefficient (Wildman–Crippen LogP) is 5.86. The number of fused-ring (bicyclic) bond motifs is 2. The summed E-state index contributed by atoms with van der Waals surface area (Å²) in [5, 5.41) is 28.8. The first-order valence-corrected chi connectivity index (χ1v) is 19.0. The van der Waals surface area contributed by atoms with E-state index in [2.05, 4.69) is 0 Å². The standard InChI is InChI=1S/C19H18N2O4S.C18H16N2O4S/c1-12(2)15-9-13(8-14(10-20)18(15)25-3)19(22)21-11-26(23,24)17-7-5-4-6-16(17)21;1-11(2)14-8-12(7-13(9-19)17(14)21)18(22)20-10-25(23,24)16-6-4-3-5-15(16)20/h4-9,12H,11H2,1-3H3;3-8,11,21H,10H2,1-2H3. The molecule has 12 nitrogen and oxygen atoms in total. The SMILES string of the molecule is CC(C)c1cc(C(=O)N2CS(=O)(=O)c3ccccc32)cc(C#N)c1O.COc1c(C#N)cc(C(=O)N2CS(=O)(=O)c3ccccc32)cc1C(C)C. The lowest BCUT2D eigenvalue weighted by Gasteiger charge is -2.19. The number of carbonyl (C=O) groups excluding carboxylic acids is 2. The van der Waals surface area contributed by atoms with Crippen molar-refractivity contribution in [3.8, 4) is 23.6 Å². The highest BCUT2D eigenvalue weighted by atomic mass is 32.2. The number of hydrogen-bond donors (Lipinski definition) is 1. The van der Waals surface area contributed by atoms with E-state index in [0.717, 1.165) is 5.56 Å². The Morgan fingerprint density at radius 2 is 1.12 bits per heavy atom. The van der Waals surface area contributed by atoms with E-state index in [9.17, 15) is 42.1 Å². The first-order valence-electron chi connectivity index (χ1n) is 15.7. The van der Waals surface area contributed by atoms with Gasteiger partial charge in [0, 0.05) is 11.1 Å². The second-order valence-electron chi connectivity index (χ2n) is 12.5. The number of anilines is 2. The lowest BCUT2D eigenvalue weighted by Crippen LogP contribution is -2.30. The van der Waals surface area contributed by atoms with Gasteiger partial charge in [0.1, 0.15) is 35.4 Å². The highest BCUT2D eigenvalue weighted by Gasteiger charge is 2.38. The lowest BCUT2D eigenvalue weighted by molar-refractivity contribution is 0.0983. The third-order valence-corrected chi connectivity index (χ3v) is 11.7. The number of phenolic OH excluding ortho intramolecular Hbond substituents is 1. The Morgan fingerprint density at radius 1 is 0.706 bits per heavy atom. The number of nitriles is 2. The maximum absolute atomic E-state index is 13.1. The van der Waals surface area contributed by atoms with Crippen LogP contribution in [0.3, 0.4) is 0 Å². The molecule has 2 aliphatic heterocycles. The molecule has 0 aromatic heterocycles. The van der Waals surface area contributed by atoms with Crippen LogP contribution in [0.4, 0.5) is 11.4 Å². The first-order chi connectivity index (χ1) is 24.1. The number of para-hydroxylation sites is 2. The van der Waals surface area contributed by atoms with Crippen molar-refractivity contribution in [2.45, 2.75) is 49.3 Å². The summed E-state index contributed by atoms with van der Waals surface area (Å²) in [5.74, 6) is -1.61. The maximum atomic E-state index is 13.1. The molecule has 51 heavy (non-hydrogen) atoms. The minimum atomic E-state index is -3.57. The maximum Gasteiger partial charge on any atom is 0.259 e. The van der Waals surface area contributed by atoms with Crippen molar-refractivity contribution >= 4 is 42.9 Å². The van der Waals surface area contributed by atoms with Crippen LogP contribution in [0, 0.1) is 22.7 Å². The molecular formula is C37H34N4O8S2. The van der Waals surface area contributed by atoms with Gasteiger partial charge in [-0.3, -0.25) is 19.4 Å². The largest absolute Gasteiger partial charge is 0.506 e. The summed E-state index contributed by atoms with van der Waals surface area (Å²) in [6.45, 7) is 7.53. The molecule has 0 saturated heterocycles. The number of ether oxygens (including phenoxy) is 1. The van der Waals surface area contributed by atoms with E-state index in [1.807, 2.05) is 39.8 Å². The molecule has 0 unspecified atom stereocenters. The zero-order valence-corrected chi connectivity index (χ0v) is 30.0. The van der Waals surface area contributed by atoms with Crippen LogP contribution in [-0.2, 0) is 19.7 Å². The average molecular weight is 727 g/mol. The monoisotopic (exact) mass is 726 g/mol. The zero-order valence-electron chi connectivity index (χ0n) is 28.4. The molecule has 0 bridgehead atoms. The van der Waals surface area contributed by atoms with Crippen molar-refractivity contribution in [1.29, 1.82) is 10.5 Å². The normalized spacial score (nSPS) is 14.9. The van der Waals surface area contributed by atoms with Crippen molar-refractivity contribution in [2.75, 3.05) is 28.7 Å². The molecule has 6 rings (SSSR count). The van der Waals surface area contributed by atoms with Gasteiger partial charge in [0.2, 0.25) is 0 Å². The van der Waals surface area contributed by atoms with Gasteiger partial charge in [-0.25, -0.2) is 16.8 Å². The van der Waals surface area contributed by atoms with Gasteiger partial charge in [-0.2, -0.15) is 10.5 Å². The molecule has 2 aliphatic rings. The number of nitrogens with zero attached hydrogens (tertiary/aromatic N) is 4. The number of methoxy groups -OCH3 is 1. The number of benzene rings is 4. The number of phenols is 1. The summed E-state index contributed by atoms with van der Waals surface area (Å²) >= 11 is 0. The fraction of sp³-hybridized carbons (Fsp3) is 0.243. The molecule has 0 atom stereocenters. The molecule has 0 spiro atoms. The van der Waals surface area contributed by atoms with Gasteiger partial charge >= 0.3 is 0 Å². The van der Waals surface area contributed by atoms with Gasteiger partial charge in [-0.1, -0.05) is 52.0 Å². The Labute approximate surface area is 296 Å². The minimum Gasteiger partial charge on any atom is -0.506 e. The minimum absolute atomic E-state index is 0.00936. The number of carbonyl (C=O) groups is 2. The van der Waals surface area contributed by atoms with Gasteiger partial charge in [-0.05, 0) is 71.5 Å². The van der Waals surface area contributed by atoms with Gasteiger partial charge in [0.25, 0.3) is 11.8 Å². The van der Waals surface area contributed by atoms with Crippen LogP contribution >= 0.6 is 0 Å². The Balaban J connectivity index is 0.000000198. The first kappa shape index (κ1) is 36.6. The van der Waals surface area contributed by atoms with Crippen molar-refractivity contribution < 1.29 is 36.3 Å². The van der Waals surface area contributed by atoms with Crippen molar-refractivity contribution in [1.82, 2.24) is 0 Å². The van der Waals surface area contributed by atoms with Gasteiger partial charge in [0.15, 0.2) is 19.7 Å². The summed E-state index contributed by atoms with van der Waals surface area (Å²) in [4.78, 5) is 28.7. The Morgan fingerprint density at radius 3 is 1.53 bits per heavy atom. The fourth-order valence-corrected chi connectivity index (χ4v) is 9.01. The van der Waals surface area contributed by atoms with Crippen molar-refractivity contribution in [3.63, 3.8) is 0 Å². The van der Waals surface area contributed by atoms with Gasteiger partial charge < -0.3 is 9.84 Å². The molecule has 2 amide bonds. The highest BCUT2D eigenvalue weighted by Crippen LogP contribution is 2.38. The van der Waals surface area contributed by atoms with E-state index in [-0.39, 0.29) is 49.6 Å². The quantitative estimate of drug-likeness (QED) is 0.261. The summed E-state index contributed by atoms with van der Waals surface area (Å²) in [6.07, 6.45) is 0. The van der Waals surface area contributed by atoms with E-state index < -0.39 is 43.2 Å². The zero-order chi connectivity index (χ0) is 37.4. The van der Waals surface area contributed by atoms with E-state index >= 15 is 0 Å². The van der Waals surface area contributed by atoms with Crippen LogP contribution in [0.2, 0.25) is 0 Å². The second kappa shape index (κ2) is 13.9. The number of rotatable bonds is 5. The lowest BCUT2D eigenvalue weighted by atomic mass is 9.96. The smallest absolute Gasteiger partial charge is 0.259 e. The molecule has 0 saturated carbocycles. The molecule has 14 heteroatoms. The molecular weight excluding hydrogens is 693 g/mol. The van der Waals surface area contributed by atoms with Crippen LogP contribution in [0.25, 0.3) is 0 Å². The number of hydrogen-bond acceptors (Lipinski definition) is 10. The summed E-state index contributed by atoms with van der Waals surface area (Å²) < 4.78 is 54.5. The molecule has 1 N–H and O–H groups in total. The number of sulfone groups is 2. The molecule has 4 aromatic rings. The molecule has 0 radical (unpaired) electrons. The summed E-state index contributed by atoms with van der Waals surface area (Å²) in [7, 11) is -5.64. The fourth-order valence-electron chi connectivity index (χ4n) is 5.97. The van der Waals surface area contributed by atoms with Crippen LogP contribution in [0.15, 0.2) is 82.6 Å². The van der Waals surface area contributed by atoms with E-state index in [1.165, 1.54) is 47.2 Å². The molecule has 262 valence electrons. The Bertz CT molecular complexity index is 2390. The van der Waals surface area contributed by atoms with Crippen LogP contribution in [0.1, 0.15) is 82.5 Å². The van der Waals surface area contributed by atoms with Crippen molar-refractivity contribution in [2.24, 2.45) is 0 Å². The molecule has 2 heterocycles. The Hall–Kier alpha value is -5.70. The third kappa shape index (κ3) is 6.76. The average Bonchev–Trinajstić information content (AvgIpc) is 3.55. The molecule has 4 aromatic carbocycles. The van der Waals surface area contributed by atoms with Crippen molar-refractivity contribution in [3.05, 3.63) is 106 Å². The molecule has 0 fully saturated rings. The highest BCUT2D eigenvalue weighted by molar-refractivity contribution is 7.92. The second-order valence-corrected chi connectivity index (χ2v) is 16.4. The summed E-state index contributed by atoms with van der Waals surface area (Å²) in [5.41, 5.74) is 2.55. The topological polar surface area (TPSA) is 186 Å². The Kier molecular flexibility index (Phi) is 9.97. The predicted molar refractivity (Wildman–Crippen MR) is 189 cm³/mol. The van der Waals surface area contributed by atoms with E-state index in [4.69, 9.17) is 4.74 Å². The number of aromatic hydroxyl groups is 1. The summed E-state index contributed by atoms with van der Waals surface area (Å²) in [6, 6.07) is 22.6. The van der Waals surface area contributed by atoms with Crippen LogP contribution in [-0.4, -0.2) is 52.6 Å². The van der Waals surface area contributed by atoms with E-state index in [0.29, 0.717) is 22.7 Å². The van der Waals surface area contributed by atoms with Crippen LogP contribution in [0.5, 0.6) is 11.5 Å². The van der Waals surface area contributed by atoms with Gasteiger partial charge in [-0.15, -0.1) is 0 Å². The van der Waals surface area contributed by atoms with E-state index in [1.54, 1.807) is 42.5 Å². The molecule has 0 aliphatic carbocycles. The van der Waals surface area contributed by atoms with Crippen LogP contribution < -0.4 is 14.5 Å². The third-order valence-electron chi connectivity index (χ3n) is 8.51. The number of amides is 2. The van der Waals surface area contributed by atoms with Gasteiger partial charge in [0.05, 0.1) is 39.4 Å².